The Morgan fingerprint density at radius 2 is 2.56 bits per heavy atom. The fraction of sp³-hybridized carbons (Fsp3) is 1.00. The molecule has 1 N–H and O–H groups in total. The molecule has 0 amide bonds. The van der Waals surface area contributed by atoms with Gasteiger partial charge < -0.3 is 10.1 Å². The quantitative estimate of drug-likeness (QED) is 0.552. The molecule has 1 aliphatic heterocycles. The van der Waals surface area contributed by atoms with E-state index in [2.05, 4.69) is 12.2 Å². The van der Waals surface area contributed by atoms with Crippen LogP contribution >= 0.6 is 11.6 Å². The molecule has 0 aliphatic carbocycles. The van der Waals surface area contributed by atoms with Gasteiger partial charge in [-0.25, -0.2) is 0 Å². The maximum atomic E-state index is 5.56. The third-order valence-electron chi connectivity index (χ3n) is 1.45. The topological polar surface area (TPSA) is 21.3 Å². The van der Waals surface area contributed by atoms with Crippen molar-refractivity contribution in [3.8, 4) is 0 Å². The van der Waals surface area contributed by atoms with Crippen LogP contribution in [-0.4, -0.2) is 31.2 Å². The fourth-order valence-electron chi connectivity index (χ4n) is 0.830. The number of hydrogen-bond donors (Lipinski definition) is 1. The summed E-state index contributed by atoms with van der Waals surface area (Å²) < 4.78 is 5.34. The molecule has 2 nitrogen and oxygen atoms in total. The Morgan fingerprint density at radius 1 is 1.78 bits per heavy atom. The number of halogens is 1. The molecule has 2 atom stereocenters. The summed E-state index contributed by atoms with van der Waals surface area (Å²) in [6.07, 6.45) is 0.225. The average molecular weight is 150 g/mol. The molecule has 54 valence electrons. The van der Waals surface area contributed by atoms with E-state index in [1.165, 1.54) is 0 Å². The Hall–Kier alpha value is 0.210. The van der Waals surface area contributed by atoms with Gasteiger partial charge in [-0.05, 0) is 6.92 Å². The van der Waals surface area contributed by atoms with Crippen LogP contribution in [-0.2, 0) is 4.74 Å². The number of alkyl halides is 1. The highest BCUT2D eigenvalue weighted by Gasteiger charge is 2.15. The van der Waals surface area contributed by atoms with Gasteiger partial charge >= 0.3 is 0 Å². The minimum absolute atomic E-state index is 0.225. The van der Waals surface area contributed by atoms with E-state index in [0.29, 0.717) is 11.9 Å². The van der Waals surface area contributed by atoms with E-state index in [9.17, 15) is 0 Å². The van der Waals surface area contributed by atoms with Crippen molar-refractivity contribution in [2.75, 3.05) is 19.0 Å². The number of ether oxygens (including phenoxy) is 1. The number of nitrogens with one attached hydrogen (secondary N) is 1. The summed E-state index contributed by atoms with van der Waals surface area (Å²) in [6.45, 7) is 3.78. The summed E-state index contributed by atoms with van der Waals surface area (Å²) in [6, 6.07) is 0.490. The molecule has 1 fully saturated rings. The molecule has 9 heavy (non-hydrogen) atoms. The van der Waals surface area contributed by atoms with Crippen molar-refractivity contribution >= 4 is 11.6 Å². The van der Waals surface area contributed by atoms with Crippen LogP contribution in [0.4, 0.5) is 0 Å². The third-order valence-corrected chi connectivity index (χ3v) is 1.79. The maximum absolute atomic E-state index is 5.56. The van der Waals surface area contributed by atoms with Crippen LogP contribution in [0, 0.1) is 0 Å². The number of morpholine rings is 1. The van der Waals surface area contributed by atoms with Crippen molar-refractivity contribution < 1.29 is 4.74 Å². The van der Waals surface area contributed by atoms with Crippen molar-refractivity contribution in [2.24, 2.45) is 0 Å². The molecule has 1 aliphatic rings. The van der Waals surface area contributed by atoms with Gasteiger partial charge in [0.2, 0.25) is 0 Å². The van der Waals surface area contributed by atoms with E-state index in [4.69, 9.17) is 16.3 Å². The predicted molar refractivity (Wildman–Crippen MR) is 37.9 cm³/mol. The number of hydrogen-bond acceptors (Lipinski definition) is 2. The van der Waals surface area contributed by atoms with Crippen LogP contribution in [0.25, 0.3) is 0 Å². The zero-order valence-electron chi connectivity index (χ0n) is 5.56. The summed E-state index contributed by atoms with van der Waals surface area (Å²) in [7, 11) is 0. The molecule has 1 heterocycles. The van der Waals surface area contributed by atoms with Gasteiger partial charge in [0.1, 0.15) is 0 Å². The molecular formula is C6H12ClNO. The average Bonchev–Trinajstić information content (AvgIpc) is 1.90. The molecule has 0 aromatic carbocycles. The largest absolute Gasteiger partial charge is 0.374 e. The van der Waals surface area contributed by atoms with E-state index in [-0.39, 0.29) is 6.10 Å². The van der Waals surface area contributed by atoms with Crippen molar-refractivity contribution in [1.29, 1.82) is 0 Å². The van der Waals surface area contributed by atoms with Crippen LogP contribution in [0.3, 0.4) is 0 Å². The minimum Gasteiger partial charge on any atom is -0.374 e. The normalized spacial score (nSPS) is 36.7. The molecule has 0 aromatic heterocycles. The smallest absolute Gasteiger partial charge is 0.0835 e. The summed E-state index contributed by atoms with van der Waals surface area (Å²) in [5.74, 6) is 0.597. The Morgan fingerprint density at radius 3 is 3.00 bits per heavy atom. The first-order valence-electron chi connectivity index (χ1n) is 3.24. The molecule has 3 heteroatoms. The van der Waals surface area contributed by atoms with E-state index in [1.807, 2.05) is 0 Å². The summed E-state index contributed by atoms with van der Waals surface area (Å²) in [5.41, 5.74) is 0. The summed E-state index contributed by atoms with van der Waals surface area (Å²) in [4.78, 5) is 0. The highest BCUT2D eigenvalue weighted by Crippen LogP contribution is 2.01. The lowest BCUT2D eigenvalue weighted by molar-refractivity contribution is 0.0216. The van der Waals surface area contributed by atoms with Gasteiger partial charge in [0.15, 0.2) is 0 Å². The van der Waals surface area contributed by atoms with Crippen molar-refractivity contribution in [1.82, 2.24) is 5.32 Å². The third kappa shape index (κ3) is 2.12. The Bertz CT molecular complexity index is 81.1. The van der Waals surface area contributed by atoms with E-state index in [0.717, 1.165) is 13.2 Å². The zero-order chi connectivity index (χ0) is 6.69. The van der Waals surface area contributed by atoms with Crippen molar-refractivity contribution in [3.05, 3.63) is 0 Å². The lowest BCUT2D eigenvalue weighted by atomic mass is 10.2. The molecule has 2 unspecified atom stereocenters. The molecular weight excluding hydrogens is 138 g/mol. The van der Waals surface area contributed by atoms with Crippen molar-refractivity contribution in [2.45, 2.75) is 19.1 Å². The Labute approximate surface area is 60.5 Å². The second-order valence-corrected chi connectivity index (χ2v) is 2.73. The first kappa shape index (κ1) is 7.32. The lowest BCUT2D eigenvalue weighted by Crippen LogP contribution is -2.45. The second-order valence-electron chi connectivity index (χ2n) is 2.42. The molecule has 0 spiro atoms. The predicted octanol–water partition coefficient (Wildman–Crippen LogP) is 0.602. The molecule has 0 bridgehead atoms. The molecule has 0 aromatic rings. The van der Waals surface area contributed by atoms with Gasteiger partial charge in [-0.15, -0.1) is 11.6 Å². The summed E-state index contributed by atoms with van der Waals surface area (Å²) in [5, 5.41) is 3.27. The van der Waals surface area contributed by atoms with Gasteiger partial charge in [-0.1, -0.05) is 0 Å². The molecule has 1 rings (SSSR count). The van der Waals surface area contributed by atoms with Gasteiger partial charge in [0, 0.05) is 18.5 Å². The first-order chi connectivity index (χ1) is 4.33. The van der Waals surface area contributed by atoms with E-state index in [1.54, 1.807) is 0 Å². The zero-order valence-corrected chi connectivity index (χ0v) is 6.32. The first-order valence-corrected chi connectivity index (χ1v) is 3.77. The van der Waals surface area contributed by atoms with Gasteiger partial charge in [-0.2, -0.15) is 0 Å². The van der Waals surface area contributed by atoms with Gasteiger partial charge in [-0.3, -0.25) is 0 Å². The van der Waals surface area contributed by atoms with Crippen LogP contribution in [0.5, 0.6) is 0 Å². The summed E-state index contributed by atoms with van der Waals surface area (Å²) >= 11 is 5.56. The van der Waals surface area contributed by atoms with Crippen LogP contribution in [0.15, 0.2) is 0 Å². The van der Waals surface area contributed by atoms with Gasteiger partial charge in [0.05, 0.1) is 12.7 Å². The molecule has 1 saturated heterocycles. The van der Waals surface area contributed by atoms with Gasteiger partial charge in [0.25, 0.3) is 0 Å². The number of rotatable bonds is 1. The second kappa shape index (κ2) is 3.40. The van der Waals surface area contributed by atoms with Crippen LogP contribution in [0.2, 0.25) is 0 Å². The van der Waals surface area contributed by atoms with Crippen molar-refractivity contribution in [3.63, 3.8) is 0 Å². The Kier molecular flexibility index (Phi) is 2.76. The lowest BCUT2D eigenvalue weighted by Gasteiger charge is -2.26. The van der Waals surface area contributed by atoms with Crippen LogP contribution in [0.1, 0.15) is 6.92 Å². The van der Waals surface area contributed by atoms with E-state index < -0.39 is 0 Å². The monoisotopic (exact) mass is 149 g/mol. The molecule has 0 radical (unpaired) electrons. The standard InChI is InChI=1S/C6H12ClNO/c1-5-4-9-6(2-7)3-8-5/h5-6,8H,2-4H2,1H3. The van der Waals surface area contributed by atoms with Crippen LogP contribution < -0.4 is 5.32 Å². The Balaban J connectivity index is 2.18. The molecule has 0 saturated carbocycles. The highest BCUT2D eigenvalue weighted by atomic mass is 35.5. The minimum atomic E-state index is 0.225. The maximum Gasteiger partial charge on any atom is 0.0835 e. The fourth-order valence-corrected chi connectivity index (χ4v) is 1.03. The SMILES string of the molecule is CC1COC(CCl)CN1. The highest BCUT2D eigenvalue weighted by molar-refractivity contribution is 6.18. The van der Waals surface area contributed by atoms with E-state index >= 15 is 0 Å².